The Kier molecular flexibility index (Phi) is 9.55. The summed E-state index contributed by atoms with van der Waals surface area (Å²) in [5.41, 5.74) is 2.27. The zero-order valence-corrected chi connectivity index (χ0v) is 18.5. The lowest BCUT2D eigenvalue weighted by molar-refractivity contribution is -0.165. The number of carboxylic acid groups (broad SMARTS) is 2. The van der Waals surface area contributed by atoms with Crippen molar-refractivity contribution >= 4 is 34.7 Å². The van der Waals surface area contributed by atoms with Gasteiger partial charge < -0.3 is 30.6 Å². The number of amides is 1. The van der Waals surface area contributed by atoms with Gasteiger partial charge >= 0.3 is 11.9 Å². The summed E-state index contributed by atoms with van der Waals surface area (Å²) in [5.74, 6) is -3.10. The molecule has 182 valence electrons. The molecule has 2 heterocycles. The van der Waals surface area contributed by atoms with Crippen molar-refractivity contribution < 1.29 is 34.8 Å². The molecule has 13 nitrogen and oxygen atoms in total. The van der Waals surface area contributed by atoms with Crippen LogP contribution in [0.5, 0.6) is 0 Å². The number of hydrogen-bond donors (Lipinski definition) is 6. The smallest absolute Gasteiger partial charge is 0.335 e. The van der Waals surface area contributed by atoms with E-state index in [4.69, 9.17) is 20.4 Å². The van der Waals surface area contributed by atoms with Crippen molar-refractivity contribution in [2.75, 3.05) is 26.0 Å². The number of carbonyl (C=O) groups excluding carboxylic acids is 1. The Morgan fingerprint density at radius 1 is 1.03 bits per heavy atom. The number of hydrogen-bond acceptors (Lipinski definition) is 9. The van der Waals surface area contributed by atoms with Gasteiger partial charge in [0.1, 0.15) is 0 Å². The molecule has 1 amide bonds. The first kappa shape index (κ1) is 26.3. The van der Waals surface area contributed by atoms with Crippen molar-refractivity contribution in [3.8, 4) is 11.3 Å². The molecule has 0 saturated carbocycles. The molecule has 13 heteroatoms. The molecule has 2 atom stereocenters. The number of carboxylic acids is 2. The second kappa shape index (κ2) is 12.3. The van der Waals surface area contributed by atoms with Gasteiger partial charge in [0.2, 0.25) is 5.91 Å². The van der Waals surface area contributed by atoms with E-state index in [1.54, 1.807) is 0 Å². The van der Waals surface area contributed by atoms with Gasteiger partial charge in [-0.05, 0) is 33.1 Å². The minimum absolute atomic E-state index is 0.0525. The zero-order chi connectivity index (χ0) is 25.3. The Bertz CT molecular complexity index is 1100. The van der Waals surface area contributed by atoms with Crippen molar-refractivity contribution in [1.29, 1.82) is 0 Å². The Hall–Kier alpha value is -3.94. The number of H-pyrrole nitrogens is 1. The van der Waals surface area contributed by atoms with Gasteiger partial charge in [-0.25, -0.2) is 9.59 Å². The maximum Gasteiger partial charge on any atom is 0.335 e. The largest absolute Gasteiger partial charge is 0.479 e. The van der Waals surface area contributed by atoms with Crippen LogP contribution in [0.2, 0.25) is 0 Å². The second-order valence-corrected chi connectivity index (χ2v) is 7.45. The van der Waals surface area contributed by atoms with Gasteiger partial charge in [-0.15, -0.1) is 10.2 Å². The highest BCUT2D eigenvalue weighted by molar-refractivity contribution is 5.99. The quantitative estimate of drug-likeness (QED) is 0.247. The Balaban J connectivity index is 0.000000347. The topological polar surface area (TPSA) is 202 Å². The van der Waals surface area contributed by atoms with Crippen molar-refractivity contribution in [2.24, 2.45) is 0 Å². The first-order valence-electron chi connectivity index (χ1n) is 10.1. The van der Waals surface area contributed by atoms with Gasteiger partial charge in [-0.2, -0.15) is 5.10 Å². The standard InChI is InChI=1S/C17H20N6O.C4H6O6/c1-23(2)10-6-9-15(24)18-16-13-11-14(12-7-4-3-5-8-12)19-21-17(13)22-20-16;5-1(3(7)8)2(6)4(9)10/h3-5,7-8,11H,6,9-10H2,1-2H3,(H2,18,20,21,22,24);1-2,5-6H,(H,7,8)(H,9,10). The lowest BCUT2D eigenvalue weighted by Gasteiger charge is -2.08. The highest BCUT2D eigenvalue weighted by Gasteiger charge is 2.29. The number of aliphatic carboxylic acids is 2. The summed E-state index contributed by atoms with van der Waals surface area (Å²) in [4.78, 5) is 33.7. The number of aliphatic hydroxyl groups excluding tert-OH is 2. The van der Waals surface area contributed by atoms with Gasteiger partial charge in [0.05, 0.1) is 11.1 Å². The van der Waals surface area contributed by atoms with Crippen LogP contribution in [-0.4, -0.2) is 96.4 Å². The maximum absolute atomic E-state index is 12.1. The molecule has 34 heavy (non-hydrogen) atoms. The molecule has 0 aliphatic heterocycles. The van der Waals surface area contributed by atoms with E-state index in [-0.39, 0.29) is 5.91 Å². The normalized spacial score (nSPS) is 12.5. The molecule has 0 spiro atoms. The maximum atomic E-state index is 12.1. The van der Waals surface area contributed by atoms with Crippen molar-refractivity contribution in [2.45, 2.75) is 25.0 Å². The minimum atomic E-state index is -2.27. The highest BCUT2D eigenvalue weighted by atomic mass is 16.4. The lowest BCUT2D eigenvalue weighted by atomic mass is 10.1. The third kappa shape index (κ3) is 7.58. The Labute approximate surface area is 194 Å². The minimum Gasteiger partial charge on any atom is -0.479 e. The number of nitrogens with one attached hydrogen (secondary N) is 2. The molecule has 2 unspecified atom stereocenters. The van der Waals surface area contributed by atoms with Crippen LogP contribution in [0.4, 0.5) is 5.82 Å². The predicted molar refractivity (Wildman–Crippen MR) is 121 cm³/mol. The molecular weight excluding hydrogens is 448 g/mol. The van der Waals surface area contributed by atoms with E-state index in [0.717, 1.165) is 29.6 Å². The number of fused-ring (bicyclic) bond motifs is 1. The van der Waals surface area contributed by atoms with Crippen LogP contribution in [-0.2, 0) is 14.4 Å². The fraction of sp³-hybridized carbons (Fsp3) is 0.333. The zero-order valence-electron chi connectivity index (χ0n) is 18.5. The number of carbonyl (C=O) groups is 3. The number of aromatic nitrogens is 4. The summed E-state index contributed by atoms with van der Waals surface area (Å²) in [5, 5.41) is 51.4. The third-order valence-electron chi connectivity index (χ3n) is 4.46. The third-order valence-corrected chi connectivity index (χ3v) is 4.46. The van der Waals surface area contributed by atoms with Crippen molar-refractivity contribution in [1.82, 2.24) is 25.3 Å². The van der Waals surface area contributed by atoms with Crippen LogP contribution < -0.4 is 5.32 Å². The fourth-order valence-electron chi connectivity index (χ4n) is 2.69. The fourth-order valence-corrected chi connectivity index (χ4v) is 2.69. The van der Waals surface area contributed by atoms with E-state index in [2.05, 4.69) is 30.6 Å². The van der Waals surface area contributed by atoms with Crippen LogP contribution in [0, 0.1) is 0 Å². The molecule has 6 N–H and O–H groups in total. The Morgan fingerprint density at radius 2 is 1.65 bits per heavy atom. The Morgan fingerprint density at radius 3 is 2.21 bits per heavy atom. The molecule has 0 radical (unpaired) electrons. The summed E-state index contributed by atoms with van der Waals surface area (Å²) in [6, 6.07) is 11.7. The molecule has 2 aromatic heterocycles. The molecule has 1 aromatic carbocycles. The van der Waals surface area contributed by atoms with E-state index in [0.29, 0.717) is 17.9 Å². The van der Waals surface area contributed by atoms with Crippen LogP contribution in [0.15, 0.2) is 36.4 Å². The summed E-state index contributed by atoms with van der Waals surface area (Å²) in [6.07, 6.45) is -3.28. The summed E-state index contributed by atoms with van der Waals surface area (Å²) in [7, 11) is 3.98. The van der Waals surface area contributed by atoms with Gasteiger partial charge in [-0.1, -0.05) is 30.3 Å². The van der Waals surface area contributed by atoms with Gasteiger partial charge in [-0.3, -0.25) is 9.89 Å². The average Bonchev–Trinajstić information content (AvgIpc) is 3.20. The molecule has 0 aliphatic carbocycles. The SMILES string of the molecule is CN(C)CCCC(=O)Nc1n[nH]c2nnc(-c3ccccc3)cc12.O=C(O)C(O)C(O)C(=O)O. The van der Waals surface area contributed by atoms with E-state index >= 15 is 0 Å². The number of aliphatic hydroxyl groups is 2. The molecular formula is C21H26N6O7. The predicted octanol–water partition coefficient (Wildman–Crippen LogP) is 0.178. The molecule has 3 rings (SSSR count). The average molecular weight is 474 g/mol. The van der Waals surface area contributed by atoms with Crippen LogP contribution in [0.25, 0.3) is 22.3 Å². The number of rotatable bonds is 9. The summed E-state index contributed by atoms with van der Waals surface area (Å²) < 4.78 is 0. The molecule has 0 bridgehead atoms. The van der Waals surface area contributed by atoms with Crippen LogP contribution in [0.3, 0.4) is 0 Å². The molecule has 3 aromatic rings. The number of nitrogens with zero attached hydrogens (tertiary/aromatic N) is 4. The van der Waals surface area contributed by atoms with E-state index in [1.807, 2.05) is 50.5 Å². The van der Waals surface area contributed by atoms with Gasteiger partial charge in [0.15, 0.2) is 23.7 Å². The van der Waals surface area contributed by atoms with E-state index in [1.165, 1.54) is 0 Å². The van der Waals surface area contributed by atoms with Gasteiger partial charge in [0, 0.05) is 12.0 Å². The summed E-state index contributed by atoms with van der Waals surface area (Å²) in [6.45, 7) is 0.873. The first-order chi connectivity index (χ1) is 16.1. The van der Waals surface area contributed by atoms with Crippen molar-refractivity contribution in [3.05, 3.63) is 36.4 Å². The molecule has 0 aliphatic rings. The number of aromatic amines is 1. The lowest BCUT2D eigenvalue weighted by Crippen LogP contribution is -2.39. The van der Waals surface area contributed by atoms with Gasteiger partial charge in [0.25, 0.3) is 0 Å². The first-order valence-corrected chi connectivity index (χ1v) is 10.1. The van der Waals surface area contributed by atoms with E-state index < -0.39 is 24.1 Å². The van der Waals surface area contributed by atoms with Crippen LogP contribution in [0.1, 0.15) is 12.8 Å². The number of benzene rings is 1. The monoisotopic (exact) mass is 474 g/mol. The highest BCUT2D eigenvalue weighted by Crippen LogP contribution is 2.24. The number of anilines is 1. The van der Waals surface area contributed by atoms with E-state index in [9.17, 15) is 14.4 Å². The second-order valence-electron chi connectivity index (χ2n) is 7.45. The van der Waals surface area contributed by atoms with Crippen molar-refractivity contribution in [3.63, 3.8) is 0 Å². The molecule has 0 fully saturated rings. The van der Waals surface area contributed by atoms with Crippen LogP contribution >= 0.6 is 0 Å². The molecule has 0 saturated heterocycles. The summed E-state index contributed by atoms with van der Waals surface area (Å²) >= 11 is 0.